The summed E-state index contributed by atoms with van der Waals surface area (Å²) in [6, 6.07) is 12.8. The molecule has 18 heavy (non-hydrogen) atoms. The van der Waals surface area contributed by atoms with Crippen LogP contribution in [0.1, 0.15) is 32.8 Å². The molecule has 0 saturated carbocycles. The SMILES string of the molecule is CCC1CNC(C)CN1C(C)Cc1ccccc1. The van der Waals surface area contributed by atoms with E-state index < -0.39 is 0 Å². The molecule has 1 heterocycles. The van der Waals surface area contributed by atoms with Gasteiger partial charge in [-0.1, -0.05) is 37.3 Å². The zero-order valence-corrected chi connectivity index (χ0v) is 11.9. The van der Waals surface area contributed by atoms with Crippen LogP contribution in [0.15, 0.2) is 30.3 Å². The van der Waals surface area contributed by atoms with Gasteiger partial charge in [-0.15, -0.1) is 0 Å². The third-order valence-electron chi connectivity index (χ3n) is 4.07. The van der Waals surface area contributed by atoms with E-state index >= 15 is 0 Å². The second kappa shape index (κ2) is 6.35. The van der Waals surface area contributed by atoms with Crippen molar-refractivity contribution in [3.63, 3.8) is 0 Å². The molecule has 1 saturated heterocycles. The summed E-state index contributed by atoms with van der Waals surface area (Å²) in [7, 11) is 0. The fraction of sp³-hybridized carbons (Fsp3) is 0.625. The van der Waals surface area contributed by atoms with Crippen LogP contribution in [0, 0.1) is 0 Å². The highest BCUT2D eigenvalue weighted by Gasteiger charge is 2.27. The highest BCUT2D eigenvalue weighted by atomic mass is 15.2. The Morgan fingerprint density at radius 2 is 2.06 bits per heavy atom. The second-order valence-electron chi connectivity index (χ2n) is 5.61. The van der Waals surface area contributed by atoms with Crippen LogP contribution in [0.4, 0.5) is 0 Å². The summed E-state index contributed by atoms with van der Waals surface area (Å²) in [4.78, 5) is 2.69. The van der Waals surface area contributed by atoms with E-state index in [0.717, 1.165) is 13.0 Å². The van der Waals surface area contributed by atoms with Crippen LogP contribution >= 0.6 is 0 Å². The molecule has 0 radical (unpaired) electrons. The van der Waals surface area contributed by atoms with Crippen molar-refractivity contribution in [2.24, 2.45) is 0 Å². The van der Waals surface area contributed by atoms with Crippen molar-refractivity contribution in [3.8, 4) is 0 Å². The number of nitrogens with one attached hydrogen (secondary N) is 1. The molecule has 1 N–H and O–H groups in total. The smallest absolute Gasteiger partial charge is 0.0221 e. The molecule has 3 atom stereocenters. The molecule has 1 aromatic rings. The van der Waals surface area contributed by atoms with Crippen LogP contribution in [0.2, 0.25) is 0 Å². The maximum Gasteiger partial charge on any atom is 0.0221 e. The van der Waals surface area contributed by atoms with Crippen LogP contribution in [0.3, 0.4) is 0 Å². The first-order chi connectivity index (χ1) is 8.70. The summed E-state index contributed by atoms with van der Waals surface area (Å²) in [6.45, 7) is 9.26. The molecule has 100 valence electrons. The lowest BCUT2D eigenvalue weighted by Gasteiger charge is -2.42. The van der Waals surface area contributed by atoms with E-state index in [9.17, 15) is 0 Å². The highest BCUT2D eigenvalue weighted by Crippen LogP contribution is 2.17. The lowest BCUT2D eigenvalue weighted by Crippen LogP contribution is -2.58. The van der Waals surface area contributed by atoms with Gasteiger partial charge in [-0.25, -0.2) is 0 Å². The first-order valence-corrected chi connectivity index (χ1v) is 7.23. The summed E-state index contributed by atoms with van der Waals surface area (Å²) >= 11 is 0. The van der Waals surface area contributed by atoms with Crippen molar-refractivity contribution in [1.29, 1.82) is 0 Å². The number of rotatable bonds is 4. The van der Waals surface area contributed by atoms with E-state index in [1.165, 1.54) is 18.5 Å². The molecule has 1 aromatic carbocycles. The molecule has 2 heteroatoms. The molecule has 0 amide bonds. The Kier molecular flexibility index (Phi) is 4.79. The Morgan fingerprint density at radius 3 is 2.72 bits per heavy atom. The van der Waals surface area contributed by atoms with Crippen molar-refractivity contribution in [3.05, 3.63) is 35.9 Å². The van der Waals surface area contributed by atoms with Crippen molar-refractivity contribution in [1.82, 2.24) is 10.2 Å². The maximum atomic E-state index is 3.59. The van der Waals surface area contributed by atoms with E-state index in [4.69, 9.17) is 0 Å². The average Bonchev–Trinajstić information content (AvgIpc) is 2.40. The van der Waals surface area contributed by atoms with Gasteiger partial charge in [-0.3, -0.25) is 4.90 Å². The molecule has 1 fully saturated rings. The summed E-state index contributed by atoms with van der Waals surface area (Å²) in [5.74, 6) is 0. The number of benzene rings is 1. The molecule has 3 unspecified atom stereocenters. The minimum Gasteiger partial charge on any atom is -0.311 e. The number of hydrogen-bond donors (Lipinski definition) is 1. The Balaban J connectivity index is 1.99. The van der Waals surface area contributed by atoms with E-state index in [1.807, 2.05) is 0 Å². The number of nitrogens with zero attached hydrogens (tertiary/aromatic N) is 1. The van der Waals surface area contributed by atoms with Crippen LogP contribution in [-0.4, -0.2) is 36.1 Å². The van der Waals surface area contributed by atoms with Crippen molar-refractivity contribution >= 4 is 0 Å². The van der Waals surface area contributed by atoms with E-state index in [1.54, 1.807) is 0 Å². The van der Waals surface area contributed by atoms with Crippen molar-refractivity contribution in [2.75, 3.05) is 13.1 Å². The molecule has 0 aliphatic carbocycles. The molecule has 1 aliphatic rings. The van der Waals surface area contributed by atoms with Gasteiger partial charge in [0, 0.05) is 31.2 Å². The molecule has 0 bridgehead atoms. The second-order valence-corrected chi connectivity index (χ2v) is 5.61. The summed E-state index contributed by atoms with van der Waals surface area (Å²) in [5, 5.41) is 3.59. The predicted octanol–water partition coefficient (Wildman–Crippen LogP) is 2.69. The zero-order chi connectivity index (χ0) is 13.0. The minimum atomic E-state index is 0.617. The van der Waals surface area contributed by atoms with Gasteiger partial charge in [0.15, 0.2) is 0 Å². The fourth-order valence-electron chi connectivity index (χ4n) is 2.98. The first kappa shape index (κ1) is 13.6. The third-order valence-corrected chi connectivity index (χ3v) is 4.07. The van der Waals surface area contributed by atoms with E-state index in [2.05, 4.69) is 61.3 Å². The van der Waals surface area contributed by atoms with Crippen LogP contribution in [-0.2, 0) is 6.42 Å². The molecular weight excluding hydrogens is 220 g/mol. The predicted molar refractivity (Wildman–Crippen MR) is 77.9 cm³/mol. The van der Waals surface area contributed by atoms with Crippen LogP contribution in [0.5, 0.6) is 0 Å². The highest BCUT2D eigenvalue weighted by molar-refractivity contribution is 5.16. The molecule has 2 nitrogen and oxygen atoms in total. The van der Waals surface area contributed by atoms with E-state index in [-0.39, 0.29) is 0 Å². The summed E-state index contributed by atoms with van der Waals surface area (Å²) in [6.07, 6.45) is 2.39. The molecule has 0 aromatic heterocycles. The Hall–Kier alpha value is -0.860. The van der Waals surface area contributed by atoms with Gasteiger partial charge in [-0.05, 0) is 32.3 Å². The summed E-state index contributed by atoms with van der Waals surface area (Å²) in [5.41, 5.74) is 1.45. The quantitative estimate of drug-likeness (QED) is 0.878. The molecule has 0 spiro atoms. The van der Waals surface area contributed by atoms with Gasteiger partial charge in [0.25, 0.3) is 0 Å². The van der Waals surface area contributed by atoms with Crippen LogP contribution < -0.4 is 5.32 Å². The number of hydrogen-bond acceptors (Lipinski definition) is 2. The fourth-order valence-corrected chi connectivity index (χ4v) is 2.98. The molecule has 1 aliphatic heterocycles. The minimum absolute atomic E-state index is 0.617. The first-order valence-electron chi connectivity index (χ1n) is 7.23. The van der Waals surface area contributed by atoms with E-state index in [0.29, 0.717) is 18.1 Å². The Bertz CT molecular complexity index is 349. The molecule has 2 rings (SSSR count). The molecular formula is C16H26N2. The Morgan fingerprint density at radius 1 is 1.33 bits per heavy atom. The van der Waals surface area contributed by atoms with Gasteiger partial charge in [-0.2, -0.15) is 0 Å². The standard InChI is InChI=1S/C16H26N2/c1-4-16-11-17-13(2)12-18(16)14(3)10-15-8-6-5-7-9-15/h5-9,13-14,16-17H,4,10-12H2,1-3H3. The summed E-state index contributed by atoms with van der Waals surface area (Å²) < 4.78 is 0. The topological polar surface area (TPSA) is 15.3 Å². The third kappa shape index (κ3) is 3.33. The normalized spacial score (nSPS) is 27.1. The van der Waals surface area contributed by atoms with Gasteiger partial charge in [0.05, 0.1) is 0 Å². The lowest BCUT2D eigenvalue weighted by atomic mass is 10.0. The average molecular weight is 246 g/mol. The largest absolute Gasteiger partial charge is 0.311 e. The van der Waals surface area contributed by atoms with Crippen molar-refractivity contribution < 1.29 is 0 Å². The maximum absolute atomic E-state index is 3.59. The van der Waals surface area contributed by atoms with Gasteiger partial charge in [0.1, 0.15) is 0 Å². The van der Waals surface area contributed by atoms with Crippen molar-refractivity contribution in [2.45, 2.75) is 51.7 Å². The Labute approximate surface area is 111 Å². The van der Waals surface area contributed by atoms with Gasteiger partial charge >= 0.3 is 0 Å². The zero-order valence-electron chi connectivity index (χ0n) is 11.9. The van der Waals surface area contributed by atoms with Crippen LogP contribution in [0.25, 0.3) is 0 Å². The van der Waals surface area contributed by atoms with Gasteiger partial charge in [0.2, 0.25) is 0 Å². The van der Waals surface area contributed by atoms with Gasteiger partial charge < -0.3 is 5.32 Å². The monoisotopic (exact) mass is 246 g/mol. The lowest BCUT2D eigenvalue weighted by molar-refractivity contribution is 0.0905. The number of piperazine rings is 1.